The van der Waals surface area contributed by atoms with E-state index in [9.17, 15) is 8.78 Å². The number of aryl methyl sites for hydroxylation is 1. The van der Waals surface area contributed by atoms with E-state index in [4.69, 9.17) is 5.73 Å². The largest absolute Gasteiger partial charge is 0.319 e. The molecule has 0 amide bonds. The van der Waals surface area contributed by atoms with Gasteiger partial charge in [0.1, 0.15) is 0 Å². The Morgan fingerprint density at radius 3 is 2.56 bits per heavy atom. The minimum Gasteiger partial charge on any atom is -0.319 e. The molecule has 2 rings (SSSR count). The Morgan fingerprint density at radius 1 is 1.33 bits per heavy atom. The molecule has 0 aliphatic carbocycles. The van der Waals surface area contributed by atoms with Crippen LogP contribution in [-0.4, -0.2) is 9.78 Å². The Balaban J connectivity index is 2.53. The Hall–Kier alpha value is -0.790. The molecular weight excluding hydrogens is 372 g/mol. The van der Waals surface area contributed by atoms with Gasteiger partial charge in [-0.1, -0.05) is 6.07 Å². The van der Waals surface area contributed by atoms with Crippen molar-refractivity contribution < 1.29 is 8.78 Å². The van der Waals surface area contributed by atoms with Gasteiger partial charge in [0, 0.05) is 7.05 Å². The van der Waals surface area contributed by atoms with Crippen molar-refractivity contribution >= 4 is 31.9 Å². The van der Waals surface area contributed by atoms with Crippen molar-refractivity contribution in [1.82, 2.24) is 9.78 Å². The second-order valence-corrected chi connectivity index (χ2v) is 5.39. The van der Waals surface area contributed by atoms with Crippen LogP contribution in [-0.2, 0) is 7.05 Å². The topological polar surface area (TPSA) is 43.8 Å². The summed E-state index contributed by atoms with van der Waals surface area (Å²) in [5, 5.41) is 4.04. The molecule has 0 saturated carbocycles. The molecule has 1 unspecified atom stereocenters. The van der Waals surface area contributed by atoms with E-state index in [0.29, 0.717) is 15.7 Å². The lowest BCUT2D eigenvalue weighted by molar-refractivity contribution is 0.500. The van der Waals surface area contributed by atoms with Crippen LogP contribution in [0.25, 0.3) is 0 Å². The van der Waals surface area contributed by atoms with Crippen LogP contribution in [0.5, 0.6) is 0 Å². The van der Waals surface area contributed by atoms with Gasteiger partial charge in [0.2, 0.25) is 0 Å². The standard InChI is InChI=1S/C11H9Br2F2N3/c1-18-11(6(12)4-17-18)10(16)5-2-3-7(14)9(15)8(5)13/h2-4,10H,16H2,1H3. The molecule has 2 N–H and O–H groups in total. The van der Waals surface area contributed by atoms with Crippen LogP contribution in [0, 0.1) is 11.6 Å². The van der Waals surface area contributed by atoms with Gasteiger partial charge in [-0.15, -0.1) is 0 Å². The molecule has 0 radical (unpaired) electrons. The average Bonchev–Trinajstić information content (AvgIpc) is 2.65. The predicted molar refractivity (Wildman–Crippen MR) is 71.0 cm³/mol. The van der Waals surface area contributed by atoms with Crippen molar-refractivity contribution in [2.45, 2.75) is 6.04 Å². The predicted octanol–water partition coefficient (Wildman–Crippen LogP) is 3.27. The SMILES string of the molecule is Cn1ncc(Br)c1C(N)c1ccc(F)c(F)c1Br. The fourth-order valence-electron chi connectivity index (χ4n) is 1.70. The summed E-state index contributed by atoms with van der Waals surface area (Å²) < 4.78 is 28.9. The number of nitrogens with zero attached hydrogens (tertiary/aromatic N) is 2. The van der Waals surface area contributed by atoms with Crippen molar-refractivity contribution in [2.24, 2.45) is 12.8 Å². The van der Waals surface area contributed by atoms with Crippen LogP contribution < -0.4 is 5.73 Å². The second-order valence-electron chi connectivity index (χ2n) is 3.74. The smallest absolute Gasteiger partial charge is 0.173 e. The number of halogens is 4. The number of aromatic nitrogens is 2. The van der Waals surface area contributed by atoms with Gasteiger partial charge < -0.3 is 5.73 Å². The summed E-state index contributed by atoms with van der Waals surface area (Å²) in [5.41, 5.74) is 7.21. The summed E-state index contributed by atoms with van der Waals surface area (Å²) in [6.45, 7) is 0. The highest BCUT2D eigenvalue weighted by Gasteiger charge is 2.21. The Labute approximate surface area is 119 Å². The Kier molecular flexibility index (Phi) is 3.84. The molecule has 18 heavy (non-hydrogen) atoms. The lowest BCUT2D eigenvalue weighted by atomic mass is 10.0. The zero-order chi connectivity index (χ0) is 13.4. The number of hydrogen-bond acceptors (Lipinski definition) is 2. The van der Waals surface area contributed by atoms with E-state index < -0.39 is 17.7 Å². The number of hydrogen-bond donors (Lipinski definition) is 1. The van der Waals surface area contributed by atoms with Gasteiger partial charge in [0.15, 0.2) is 11.6 Å². The maximum Gasteiger partial charge on any atom is 0.173 e. The lowest BCUT2D eigenvalue weighted by Crippen LogP contribution is -2.17. The van der Waals surface area contributed by atoms with Gasteiger partial charge in [0.05, 0.1) is 26.9 Å². The van der Waals surface area contributed by atoms with Crippen LogP contribution in [0.3, 0.4) is 0 Å². The second kappa shape index (κ2) is 5.07. The number of rotatable bonds is 2. The van der Waals surface area contributed by atoms with Gasteiger partial charge in [-0.25, -0.2) is 8.78 Å². The highest BCUT2D eigenvalue weighted by molar-refractivity contribution is 9.10. The lowest BCUT2D eigenvalue weighted by Gasteiger charge is -2.15. The Morgan fingerprint density at radius 2 is 2.00 bits per heavy atom. The van der Waals surface area contributed by atoms with Crippen LogP contribution >= 0.6 is 31.9 Å². The molecule has 1 heterocycles. The molecule has 1 aromatic heterocycles. The third-order valence-electron chi connectivity index (χ3n) is 2.63. The molecule has 0 spiro atoms. The van der Waals surface area contributed by atoms with E-state index >= 15 is 0 Å². The van der Waals surface area contributed by atoms with Gasteiger partial charge >= 0.3 is 0 Å². The zero-order valence-electron chi connectivity index (χ0n) is 9.29. The van der Waals surface area contributed by atoms with Crippen molar-refractivity contribution in [2.75, 3.05) is 0 Å². The maximum absolute atomic E-state index is 13.5. The van der Waals surface area contributed by atoms with Gasteiger partial charge in [0.25, 0.3) is 0 Å². The Bertz CT molecular complexity index is 579. The molecule has 96 valence electrons. The molecule has 1 atom stereocenters. The first-order chi connectivity index (χ1) is 8.43. The van der Waals surface area contributed by atoms with Gasteiger partial charge in [-0.2, -0.15) is 5.10 Å². The van der Waals surface area contributed by atoms with E-state index in [2.05, 4.69) is 37.0 Å². The third kappa shape index (κ3) is 2.22. The van der Waals surface area contributed by atoms with E-state index in [1.807, 2.05) is 0 Å². The van der Waals surface area contributed by atoms with Crippen molar-refractivity contribution in [3.05, 3.63) is 50.2 Å². The highest BCUT2D eigenvalue weighted by atomic mass is 79.9. The molecule has 1 aromatic carbocycles. The minimum atomic E-state index is -0.943. The first kappa shape index (κ1) is 13.6. The molecule has 0 fully saturated rings. The highest BCUT2D eigenvalue weighted by Crippen LogP contribution is 2.32. The van der Waals surface area contributed by atoms with Gasteiger partial charge in [-0.3, -0.25) is 4.68 Å². The fourth-order valence-corrected chi connectivity index (χ4v) is 2.86. The summed E-state index contributed by atoms with van der Waals surface area (Å²) in [6.07, 6.45) is 1.60. The van der Waals surface area contributed by atoms with Crippen LogP contribution in [0.15, 0.2) is 27.3 Å². The van der Waals surface area contributed by atoms with E-state index in [1.54, 1.807) is 17.9 Å². The molecule has 0 bridgehead atoms. The molecular formula is C11H9Br2F2N3. The van der Waals surface area contributed by atoms with E-state index in [-0.39, 0.29) is 4.47 Å². The average molecular weight is 381 g/mol. The summed E-state index contributed by atoms with van der Waals surface area (Å²) in [7, 11) is 1.73. The summed E-state index contributed by atoms with van der Waals surface area (Å²) in [6, 6.07) is 1.89. The van der Waals surface area contributed by atoms with Crippen molar-refractivity contribution in [3.63, 3.8) is 0 Å². The van der Waals surface area contributed by atoms with Crippen LogP contribution in [0.2, 0.25) is 0 Å². The van der Waals surface area contributed by atoms with E-state index in [0.717, 1.165) is 6.07 Å². The maximum atomic E-state index is 13.5. The molecule has 2 aromatic rings. The fraction of sp³-hybridized carbons (Fsp3) is 0.182. The first-order valence-corrected chi connectivity index (χ1v) is 6.58. The van der Waals surface area contributed by atoms with Crippen molar-refractivity contribution in [3.8, 4) is 0 Å². The molecule has 0 saturated heterocycles. The summed E-state index contributed by atoms with van der Waals surface area (Å²) >= 11 is 6.35. The molecule has 7 heteroatoms. The van der Waals surface area contributed by atoms with E-state index in [1.165, 1.54) is 6.07 Å². The summed E-state index contributed by atoms with van der Waals surface area (Å²) in [5.74, 6) is -1.86. The number of benzene rings is 1. The first-order valence-electron chi connectivity index (χ1n) is 4.99. The molecule has 0 aliphatic rings. The van der Waals surface area contributed by atoms with Gasteiger partial charge in [-0.05, 0) is 43.5 Å². The molecule has 3 nitrogen and oxygen atoms in total. The van der Waals surface area contributed by atoms with Crippen molar-refractivity contribution in [1.29, 1.82) is 0 Å². The molecule has 0 aliphatic heterocycles. The zero-order valence-corrected chi connectivity index (χ0v) is 12.5. The number of nitrogens with two attached hydrogens (primary N) is 1. The minimum absolute atomic E-state index is 0.0306. The van der Waals surface area contributed by atoms with Crippen LogP contribution in [0.4, 0.5) is 8.78 Å². The monoisotopic (exact) mass is 379 g/mol. The summed E-state index contributed by atoms with van der Waals surface area (Å²) in [4.78, 5) is 0. The third-order valence-corrected chi connectivity index (χ3v) is 4.05. The quantitative estimate of drug-likeness (QED) is 0.812. The van der Waals surface area contributed by atoms with Crippen LogP contribution in [0.1, 0.15) is 17.3 Å². The normalized spacial score (nSPS) is 12.8.